The summed E-state index contributed by atoms with van der Waals surface area (Å²) in [6, 6.07) is 19.6. The highest BCUT2D eigenvalue weighted by atomic mass is 35.5. The molecule has 0 aromatic heterocycles. The van der Waals surface area contributed by atoms with Gasteiger partial charge in [-0.1, -0.05) is 85.1 Å². The second-order valence-corrected chi connectivity index (χ2v) is 12.7. The fourth-order valence-electron chi connectivity index (χ4n) is 4.34. The fourth-order valence-corrected chi connectivity index (χ4v) is 6.04. The molecular weight excluding hydrogens is 581 g/mol. The maximum atomic E-state index is 14.1. The van der Waals surface area contributed by atoms with Crippen molar-refractivity contribution in [2.75, 3.05) is 17.4 Å². The van der Waals surface area contributed by atoms with Crippen LogP contribution in [0.25, 0.3) is 0 Å². The molecule has 0 saturated heterocycles. The van der Waals surface area contributed by atoms with Crippen LogP contribution in [0.5, 0.6) is 0 Å². The summed E-state index contributed by atoms with van der Waals surface area (Å²) < 4.78 is 28.9. The molecule has 2 amide bonds. The van der Waals surface area contributed by atoms with Gasteiger partial charge in [-0.2, -0.15) is 0 Å². The molecule has 220 valence electrons. The molecule has 0 aliphatic heterocycles. The average Bonchev–Trinajstić information content (AvgIpc) is 2.95. The number of carbonyl (C=O) groups is 2. The third kappa shape index (κ3) is 8.47. The summed E-state index contributed by atoms with van der Waals surface area (Å²) in [6.45, 7) is 7.27. The Labute approximate surface area is 253 Å². The van der Waals surface area contributed by atoms with Gasteiger partial charge in [0, 0.05) is 12.6 Å². The second-order valence-electron chi connectivity index (χ2n) is 9.99. The molecule has 0 aliphatic rings. The van der Waals surface area contributed by atoms with Crippen LogP contribution < -0.4 is 9.62 Å². The standard InChI is InChI=1S/C31H37Cl2N3O4S/c1-5-23(4)34-31(38)29(6-2)35(19-18-24-10-8-7-9-11-24)30(37)21-36(25-14-17-27(32)28(33)20-25)41(39,40)26-15-12-22(3)13-16-26/h7-17,20,23,29H,5-6,18-19,21H2,1-4H3,(H,34,38). The van der Waals surface area contributed by atoms with E-state index in [1.54, 1.807) is 12.1 Å². The maximum absolute atomic E-state index is 14.1. The van der Waals surface area contributed by atoms with Crippen LogP contribution in [0.3, 0.4) is 0 Å². The minimum absolute atomic E-state index is 0.0272. The van der Waals surface area contributed by atoms with E-state index in [1.807, 2.05) is 58.0 Å². The van der Waals surface area contributed by atoms with Crippen molar-refractivity contribution < 1.29 is 18.0 Å². The van der Waals surface area contributed by atoms with E-state index in [0.29, 0.717) is 12.8 Å². The highest BCUT2D eigenvalue weighted by molar-refractivity contribution is 7.92. The maximum Gasteiger partial charge on any atom is 0.264 e. The van der Waals surface area contributed by atoms with Crippen LogP contribution >= 0.6 is 23.2 Å². The number of carbonyl (C=O) groups excluding carboxylic acids is 2. The van der Waals surface area contributed by atoms with Gasteiger partial charge in [-0.25, -0.2) is 8.42 Å². The fraction of sp³-hybridized carbons (Fsp3) is 0.355. The molecule has 3 aromatic carbocycles. The van der Waals surface area contributed by atoms with E-state index in [1.165, 1.54) is 35.2 Å². The average molecular weight is 619 g/mol. The number of halogens is 2. The second kappa shape index (κ2) is 14.7. The SMILES string of the molecule is CCC(C)NC(=O)C(CC)N(CCc1ccccc1)C(=O)CN(c1ccc(Cl)c(Cl)c1)S(=O)(=O)c1ccc(C)cc1. The zero-order valence-electron chi connectivity index (χ0n) is 23.8. The number of amides is 2. The van der Waals surface area contributed by atoms with Crippen LogP contribution in [0.2, 0.25) is 10.0 Å². The largest absolute Gasteiger partial charge is 0.352 e. The highest BCUT2D eigenvalue weighted by Gasteiger charge is 2.34. The molecule has 41 heavy (non-hydrogen) atoms. The van der Waals surface area contributed by atoms with Crippen molar-refractivity contribution in [2.45, 2.75) is 63.9 Å². The van der Waals surface area contributed by atoms with Gasteiger partial charge >= 0.3 is 0 Å². The number of hydrogen-bond donors (Lipinski definition) is 1. The summed E-state index contributed by atoms with van der Waals surface area (Å²) in [4.78, 5) is 28.9. The van der Waals surface area contributed by atoms with Crippen molar-refractivity contribution >= 4 is 50.7 Å². The lowest BCUT2D eigenvalue weighted by Crippen LogP contribution is -2.54. The Bertz CT molecular complexity index is 1430. The van der Waals surface area contributed by atoms with E-state index >= 15 is 0 Å². The Morgan fingerprint density at radius 2 is 1.56 bits per heavy atom. The van der Waals surface area contributed by atoms with E-state index in [9.17, 15) is 18.0 Å². The molecule has 1 N–H and O–H groups in total. The molecule has 0 saturated carbocycles. The number of benzene rings is 3. The number of nitrogens with one attached hydrogen (secondary N) is 1. The van der Waals surface area contributed by atoms with Gasteiger partial charge in [0.15, 0.2) is 0 Å². The number of anilines is 1. The van der Waals surface area contributed by atoms with E-state index in [-0.39, 0.29) is 39.1 Å². The molecule has 0 spiro atoms. The number of sulfonamides is 1. The minimum Gasteiger partial charge on any atom is -0.352 e. The number of aryl methyl sites for hydroxylation is 1. The van der Waals surface area contributed by atoms with Crippen molar-refractivity contribution in [1.82, 2.24) is 10.2 Å². The molecule has 3 aromatic rings. The molecule has 0 bridgehead atoms. The Balaban J connectivity index is 2.03. The normalized spacial score (nSPS) is 12.8. The van der Waals surface area contributed by atoms with Gasteiger partial charge in [0.2, 0.25) is 11.8 Å². The Hall–Kier alpha value is -3.07. The lowest BCUT2D eigenvalue weighted by Gasteiger charge is -2.33. The van der Waals surface area contributed by atoms with E-state index in [0.717, 1.165) is 21.9 Å². The van der Waals surface area contributed by atoms with Crippen LogP contribution in [0.1, 0.15) is 44.7 Å². The van der Waals surface area contributed by atoms with Gasteiger partial charge in [-0.3, -0.25) is 13.9 Å². The molecule has 2 atom stereocenters. The summed E-state index contributed by atoms with van der Waals surface area (Å²) in [6.07, 6.45) is 1.59. The predicted octanol–water partition coefficient (Wildman–Crippen LogP) is 6.26. The minimum atomic E-state index is -4.19. The topological polar surface area (TPSA) is 86.8 Å². The smallest absolute Gasteiger partial charge is 0.264 e. The summed E-state index contributed by atoms with van der Waals surface area (Å²) >= 11 is 12.4. The molecule has 0 fully saturated rings. The van der Waals surface area contributed by atoms with Crippen molar-refractivity contribution in [3.63, 3.8) is 0 Å². The number of hydrogen-bond acceptors (Lipinski definition) is 4. The first-order valence-corrected chi connectivity index (χ1v) is 15.9. The van der Waals surface area contributed by atoms with Gasteiger partial charge in [0.25, 0.3) is 10.0 Å². The lowest BCUT2D eigenvalue weighted by atomic mass is 10.1. The molecule has 2 unspecified atom stereocenters. The van der Waals surface area contributed by atoms with Gasteiger partial charge in [-0.15, -0.1) is 0 Å². The van der Waals surface area contributed by atoms with Crippen molar-refractivity contribution in [1.29, 1.82) is 0 Å². The highest BCUT2D eigenvalue weighted by Crippen LogP contribution is 2.31. The first-order valence-electron chi connectivity index (χ1n) is 13.7. The molecule has 0 heterocycles. The van der Waals surface area contributed by atoms with Crippen molar-refractivity contribution in [2.24, 2.45) is 0 Å². The molecule has 0 radical (unpaired) electrons. The molecular formula is C31H37Cl2N3O4S. The van der Waals surface area contributed by atoms with E-state index < -0.39 is 28.5 Å². The van der Waals surface area contributed by atoms with Gasteiger partial charge in [0.1, 0.15) is 12.6 Å². The van der Waals surface area contributed by atoms with Crippen molar-refractivity contribution in [3.8, 4) is 0 Å². The molecule has 3 rings (SSSR count). The predicted molar refractivity (Wildman–Crippen MR) is 166 cm³/mol. The zero-order chi connectivity index (χ0) is 30.2. The molecule has 7 nitrogen and oxygen atoms in total. The summed E-state index contributed by atoms with van der Waals surface area (Å²) in [5.41, 5.74) is 2.08. The van der Waals surface area contributed by atoms with Gasteiger partial charge in [-0.05, 0) is 69.0 Å². The first kappa shape index (κ1) is 32.4. The zero-order valence-corrected chi connectivity index (χ0v) is 26.1. The summed E-state index contributed by atoms with van der Waals surface area (Å²) in [5, 5.41) is 3.39. The van der Waals surface area contributed by atoms with E-state index in [4.69, 9.17) is 23.2 Å². The molecule has 10 heteroatoms. The number of rotatable bonds is 13. The van der Waals surface area contributed by atoms with Crippen molar-refractivity contribution in [3.05, 3.63) is 94.0 Å². The summed E-state index contributed by atoms with van der Waals surface area (Å²) in [5.74, 6) is -0.778. The molecule has 0 aliphatic carbocycles. The van der Waals surface area contributed by atoms with Gasteiger partial charge < -0.3 is 10.2 Å². The van der Waals surface area contributed by atoms with Crippen LogP contribution in [-0.4, -0.2) is 50.3 Å². The van der Waals surface area contributed by atoms with Gasteiger partial charge in [0.05, 0.1) is 20.6 Å². The van der Waals surface area contributed by atoms with Crippen LogP contribution in [0.15, 0.2) is 77.7 Å². The Morgan fingerprint density at radius 1 is 0.902 bits per heavy atom. The monoisotopic (exact) mass is 617 g/mol. The van der Waals surface area contributed by atoms with Crippen LogP contribution in [0.4, 0.5) is 5.69 Å². The Morgan fingerprint density at radius 3 is 2.15 bits per heavy atom. The first-order chi connectivity index (χ1) is 19.5. The van der Waals surface area contributed by atoms with Crippen LogP contribution in [0, 0.1) is 6.92 Å². The Kier molecular flexibility index (Phi) is 11.6. The number of nitrogens with zero attached hydrogens (tertiary/aromatic N) is 2. The quantitative estimate of drug-likeness (QED) is 0.245. The van der Waals surface area contributed by atoms with Crippen LogP contribution in [-0.2, 0) is 26.0 Å². The summed E-state index contributed by atoms with van der Waals surface area (Å²) in [7, 11) is -4.19. The van der Waals surface area contributed by atoms with E-state index in [2.05, 4.69) is 5.32 Å². The third-order valence-electron chi connectivity index (χ3n) is 6.95. The lowest BCUT2D eigenvalue weighted by molar-refractivity contribution is -0.139. The third-order valence-corrected chi connectivity index (χ3v) is 9.48.